The Morgan fingerprint density at radius 2 is 1.95 bits per heavy atom. The van der Waals surface area contributed by atoms with Crippen LogP contribution < -0.4 is 5.73 Å². The first-order valence-corrected chi connectivity index (χ1v) is 7.52. The number of nitrogens with two attached hydrogens (primary N) is 1. The van der Waals surface area contributed by atoms with E-state index in [0.29, 0.717) is 12.5 Å². The van der Waals surface area contributed by atoms with Gasteiger partial charge >= 0.3 is 0 Å². The molecule has 1 aromatic heterocycles. The third kappa shape index (κ3) is 2.36. The summed E-state index contributed by atoms with van der Waals surface area (Å²) in [4.78, 5) is 0. The van der Waals surface area contributed by atoms with Gasteiger partial charge in [-0.05, 0) is 31.4 Å². The molecule has 2 N–H and O–H groups in total. The van der Waals surface area contributed by atoms with Crippen LogP contribution in [0.4, 0.5) is 0 Å². The van der Waals surface area contributed by atoms with Gasteiger partial charge in [-0.25, -0.2) is 4.68 Å². The lowest BCUT2D eigenvalue weighted by atomic mass is 9.86. The van der Waals surface area contributed by atoms with Crippen molar-refractivity contribution in [1.29, 1.82) is 0 Å². The van der Waals surface area contributed by atoms with E-state index in [-0.39, 0.29) is 0 Å². The van der Waals surface area contributed by atoms with Crippen LogP contribution >= 0.6 is 0 Å². The standard InChI is InChI=1S/C16H22N4/c1-12-7-5-6-10-15(12)20-16(14(11-17)18-19-20)13-8-3-2-4-9-13/h5-7,10,13H,2-4,8-9,11,17H2,1H3. The zero-order chi connectivity index (χ0) is 13.9. The molecule has 2 aromatic rings. The SMILES string of the molecule is Cc1ccccc1-n1nnc(CN)c1C1CCCCC1. The lowest BCUT2D eigenvalue weighted by Crippen LogP contribution is -2.14. The van der Waals surface area contributed by atoms with Gasteiger partial charge in [-0.1, -0.05) is 42.7 Å². The van der Waals surface area contributed by atoms with Crippen LogP contribution in [0.2, 0.25) is 0 Å². The second-order valence-electron chi connectivity index (χ2n) is 5.66. The number of rotatable bonds is 3. The maximum Gasteiger partial charge on any atom is 0.100 e. The molecule has 1 heterocycles. The first kappa shape index (κ1) is 13.3. The molecule has 0 spiro atoms. The fourth-order valence-corrected chi connectivity index (χ4v) is 3.23. The average Bonchev–Trinajstić information content (AvgIpc) is 2.92. The highest BCUT2D eigenvalue weighted by Crippen LogP contribution is 2.35. The van der Waals surface area contributed by atoms with Gasteiger partial charge in [0.15, 0.2) is 0 Å². The van der Waals surface area contributed by atoms with E-state index in [1.54, 1.807) is 0 Å². The predicted octanol–water partition coefficient (Wildman–Crippen LogP) is 3.08. The first-order valence-electron chi connectivity index (χ1n) is 7.52. The number of nitrogens with zero attached hydrogens (tertiary/aromatic N) is 3. The molecule has 1 aromatic carbocycles. The predicted molar refractivity (Wildman–Crippen MR) is 79.8 cm³/mol. The van der Waals surface area contributed by atoms with E-state index in [4.69, 9.17) is 5.73 Å². The molecule has 0 saturated heterocycles. The van der Waals surface area contributed by atoms with E-state index in [9.17, 15) is 0 Å². The van der Waals surface area contributed by atoms with Gasteiger partial charge in [0.1, 0.15) is 5.69 Å². The lowest BCUT2D eigenvalue weighted by Gasteiger charge is -2.23. The third-order valence-electron chi connectivity index (χ3n) is 4.31. The molecule has 1 saturated carbocycles. The van der Waals surface area contributed by atoms with Gasteiger partial charge in [-0.15, -0.1) is 5.10 Å². The van der Waals surface area contributed by atoms with Gasteiger partial charge in [-0.3, -0.25) is 0 Å². The van der Waals surface area contributed by atoms with Crippen LogP contribution in [0.15, 0.2) is 24.3 Å². The normalized spacial score (nSPS) is 16.5. The summed E-state index contributed by atoms with van der Waals surface area (Å²) < 4.78 is 2.02. The van der Waals surface area contributed by atoms with Crippen LogP contribution in [0.1, 0.15) is 55.0 Å². The van der Waals surface area contributed by atoms with Crippen molar-refractivity contribution in [3.63, 3.8) is 0 Å². The fraction of sp³-hybridized carbons (Fsp3) is 0.500. The fourth-order valence-electron chi connectivity index (χ4n) is 3.23. The van der Waals surface area contributed by atoms with Gasteiger partial charge in [-0.2, -0.15) is 0 Å². The summed E-state index contributed by atoms with van der Waals surface area (Å²) >= 11 is 0. The van der Waals surface area contributed by atoms with Gasteiger partial charge in [0.25, 0.3) is 0 Å². The molecule has 0 unspecified atom stereocenters. The molecule has 0 bridgehead atoms. The monoisotopic (exact) mass is 270 g/mol. The number of hydrogen-bond acceptors (Lipinski definition) is 3. The lowest BCUT2D eigenvalue weighted by molar-refractivity contribution is 0.427. The zero-order valence-corrected chi connectivity index (χ0v) is 12.0. The summed E-state index contributed by atoms with van der Waals surface area (Å²) in [6, 6.07) is 8.33. The van der Waals surface area contributed by atoms with Crippen LogP contribution in [-0.4, -0.2) is 15.0 Å². The van der Waals surface area contributed by atoms with Crippen molar-refractivity contribution in [1.82, 2.24) is 15.0 Å². The van der Waals surface area contributed by atoms with E-state index in [1.807, 2.05) is 4.68 Å². The molecule has 3 rings (SSSR count). The van der Waals surface area contributed by atoms with Crippen molar-refractivity contribution in [3.8, 4) is 5.69 Å². The number of benzene rings is 1. The molecule has 1 aliphatic carbocycles. The van der Waals surface area contributed by atoms with Crippen molar-refractivity contribution in [3.05, 3.63) is 41.2 Å². The third-order valence-corrected chi connectivity index (χ3v) is 4.31. The second kappa shape index (κ2) is 5.75. The van der Waals surface area contributed by atoms with E-state index < -0.39 is 0 Å². The van der Waals surface area contributed by atoms with Crippen LogP contribution in [0.3, 0.4) is 0 Å². The van der Waals surface area contributed by atoms with Crippen molar-refractivity contribution in [2.45, 2.75) is 51.5 Å². The van der Waals surface area contributed by atoms with E-state index in [1.165, 1.54) is 43.4 Å². The maximum atomic E-state index is 5.87. The summed E-state index contributed by atoms with van der Waals surface area (Å²) in [5, 5.41) is 8.70. The highest BCUT2D eigenvalue weighted by atomic mass is 15.4. The summed E-state index contributed by atoms with van der Waals surface area (Å²) in [6.07, 6.45) is 6.40. The van der Waals surface area contributed by atoms with Crippen LogP contribution in [0.25, 0.3) is 5.69 Å². The smallest absolute Gasteiger partial charge is 0.100 e. The minimum absolute atomic E-state index is 0.470. The van der Waals surface area contributed by atoms with Crippen LogP contribution in [-0.2, 0) is 6.54 Å². The first-order chi connectivity index (χ1) is 9.81. The molecular weight excluding hydrogens is 248 g/mol. The Morgan fingerprint density at radius 3 is 2.65 bits per heavy atom. The molecular formula is C16H22N4. The largest absolute Gasteiger partial charge is 0.325 e. The molecule has 1 aliphatic rings. The summed E-state index contributed by atoms with van der Waals surface area (Å²) in [6.45, 7) is 2.58. The highest BCUT2D eigenvalue weighted by Gasteiger charge is 2.24. The van der Waals surface area contributed by atoms with Crippen molar-refractivity contribution in [2.24, 2.45) is 5.73 Å². The molecule has 106 valence electrons. The topological polar surface area (TPSA) is 56.7 Å². The summed E-state index contributed by atoms with van der Waals surface area (Å²) in [5.74, 6) is 0.553. The van der Waals surface area contributed by atoms with Gasteiger partial charge in [0.05, 0.1) is 11.4 Å². The van der Waals surface area contributed by atoms with Crippen molar-refractivity contribution in [2.75, 3.05) is 0 Å². The Morgan fingerprint density at radius 1 is 1.20 bits per heavy atom. The van der Waals surface area contributed by atoms with Crippen molar-refractivity contribution >= 4 is 0 Å². The van der Waals surface area contributed by atoms with Gasteiger partial charge < -0.3 is 5.73 Å². The summed E-state index contributed by atoms with van der Waals surface area (Å²) in [7, 11) is 0. The van der Waals surface area contributed by atoms with E-state index in [2.05, 4.69) is 41.5 Å². The quantitative estimate of drug-likeness (QED) is 0.932. The van der Waals surface area contributed by atoms with Gasteiger partial charge in [0, 0.05) is 12.5 Å². The Balaban J connectivity index is 2.07. The molecule has 4 nitrogen and oxygen atoms in total. The molecule has 20 heavy (non-hydrogen) atoms. The number of aryl methyl sites for hydroxylation is 1. The van der Waals surface area contributed by atoms with Crippen LogP contribution in [0.5, 0.6) is 0 Å². The molecule has 0 aliphatic heterocycles. The second-order valence-corrected chi connectivity index (χ2v) is 5.66. The minimum atomic E-state index is 0.470. The number of para-hydroxylation sites is 1. The van der Waals surface area contributed by atoms with E-state index >= 15 is 0 Å². The minimum Gasteiger partial charge on any atom is -0.325 e. The van der Waals surface area contributed by atoms with Crippen LogP contribution in [0, 0.1) is 6.92 Å². The molecule has 0 atom stereocenters. The van der Waals surface area contributed by atoms with Crippen molar-refractivity contribution < 1.29 is 0 Å². The maximum absolute atomic E-state index is 5.87. The Hall–Kier alpha value is -1.68. The molecule has 4 heteroatoms. The number of hydrogen-bond donors (Lipinski definition) is 1. The average molecular weight is 270 g/mol. The van der Waals surface area contributed by atoms with Gasteiger partial charge in [0.2, 0.25) is 0 Å². The Labute approximate surface area is 120 Å². The Bertz CT molecular complexity index is 582. The Kier molecular flexibility index (Phi) is 3.83. The summed E-state index contributed by atoms with van der Waals surface area (Å²) in [5.41, 5.74) is 10.4. The molecule has 0 radical (unpaired) electrons. The van der Waals surface area contributed by atoms with E-state index in [0.717, 1.165) is 11.4 Å². The zero-order valence-electron chi connectivity index (χ0n) is 12.0. The highest BCUT2D eigenvalue weighted by molar-refractivity contribution is 5.41. The molecule has 1 fully saturated rings. The molecule has 0 amide bonds. The number of aromatic nitrogens is 3.